The third-order valence-corrected chi connectivity index (χ3v) is 3.49. The predicted molar refractivity (Wildman–Crippen MR) is 48.0 cm³/mol. The van der Waals surface area contributed by atoms with Crippen LogP contribution in [0, 0.1) is 0 Å². The second kappa shape index (κ2) is 3.05. The standard InChI is InChI=1S/C9H10O2S/c10-6-3-4-7(11)9(6)8-2-1-5-12-8/h1-5H2. The van der Waals surface area contributed by atoms with Crippen LogP contribution in [-0.4, -0.2) is 17.3 Å². The quantitative estimate of drug-likeness (QED) is 0.422. The SMILES string of the molecule is O=C1CCC(=O)C1=C1CCCS1. The lowest BCUT2D eigenvalue weighted by Crippen LogP contribution is -2.01. The summed E-state index contributed by atoms with van der Waals surface area (Å²) in [4.78, 5) is 23.6. The zero-order valence-corrected chi connectivity index (χ0v) is 7.58. The van der Waals surface area contributed by atoms with Gasteiger partial charge in [-0.05, 0) is 23.5 Å². The highest BCUT2D eigenvalue weighted by Gasteiger charge is 2.30. The van der Waals surface area contributed by atoms with Gasteiger partial charge in [-0.15, -0.1) is 11.8 Å². The summed E-state index contributed by atoms with van der Waals surface area (Å²) in [5, 5.41) is 0. The molecule has 1 saturated carbocycles. The maximum absolute atomic E-state index is 11.3. The van der Waals surface area contributed by atoms with Crippen LogP contribution in [0.2, 0.25) is 0 Å². The van der Waals surface area contributed by atoms with E-state index in [0.717, 1.165) is 23.5 Å². The van der Waals surface area contributed by atoms with Crippen molar-refractivity contribution in [3.8, 4) is 0 Å². The monoisotopic (exact) mass is 182 g/mol. The van der Waals surface area contributed by atoms with Crippen molar-refractivity contribution in [2.24, 2.45) is 0 Å². The first kappa shape index (κ1) is 8.05. The van der Waals surface area contributed by atoms with Gasteiger partial charge in [-0.3, -0.25) is 9.59 Å². The molecule has 2 aliphatic rings. The lowest BCUT2D eigenvalue weighted by Gasteiger charge is -1.97. The molecule has 1 saturated heterocycles. The number of hydrogen-bond donors (Lipinski definition) is 0. The number of allylic oxidation sites excluding steroid dienone is 2. The summed E-state index contributed by atoms with van der Waals surface area (Å²) in [6.07, 6.45) is 2.94. The Morgan fingerprint density at radius 2 is 1.67 bits per heavy atom. The van der Waals surface area contributed by atoms with E-state index in [4.69, 9.17) is 0 Å². The Kier molecular flexibility index (Phi) is 2.05. The molecule has 0 aromatic carbocycles. The Hall–Kier alpha value is -0.570. The summed E-state index contributed by atoms with van der Waals surface area (Å²) in [7, 11) is 0. The van der Waals surface area contributed by atoms with Crippen molar-refractivity contribution in [2.75, 3.05) is 5.75 Å². The fraction of sp³-hybridized carbons (Fsp3) is 0.556. The molecule has 2 rings (SSSR count). The van der Waals surface area contributed by atoms with Crippen LogP contribution in [0.4, 0.5) is 0 Å². The van der Waals surface area contributed by atoms with Crippen molar-refractivity contribution >= 4 is 23.3 Å². The summed E-state index contributed by atoms with van der Waals surface area (Å²) in [5.74, 6) is 1.22. The summed E-state index contributed by atoms with van der Waals surface area (Å²) < 4.78 is 0. The molecule has 0 amide bonds. The predicted octanol–water partition coefficient (Wildman–Crippen LogP) is 1.70. The van der Waals surface area contributed by atoms with E-state index in [1.807, 2.05) is 0 Å². The van der Waals surface area contributed by atoms with Gasteiger partial charge in [-0.1, -0.05) is 0 Å². The molecule has 0 N–H and O–H groups in total. The lowest BCUT2D eigenvalue weighted by molar-refractivity contribution is -0.116. The topological polar surface area (TPSA) is 34.1 Å². The number of rotatable bonds is 0. The number of thioether (sulfide) groups is 1. The number of ketones is 2. The largest absolute Gasteiger partial charge is 0.294 e. The molecule has 0 spiro atoms. The zero-order chi connectivity index (χ0) is 8.55. The van der Waals surface area contributed by atoms with Crippen LogP contribution in [0.25, 0.3) is 0 Å². The first-order chi connectivity index (χ1) is 5.79. The maximum Gasteiger partial charge on any atom is 0.167 e. The van der Waals surface area contributed by atoms with E-state index in [-0.39, 0.29) is 11.6 Å². The molecule has 1 aliphatic heterocycles. The molecular formula is C9H10O2S. The fourth-order valence-electron chi connectivity index (χ4n) is 1.64. The molecule has 0 atom stereocenters. The Morgan fingerprint density at radius 3 is 2.17 bits per heavy atom. The highest BCUT2D eigenvalue weighted by molar-refractivity contribution is 8.03. The molecule has 0 radical (unpaired) electrons. The van der Waals surface area contributed by atoms with Crippen LogP contribution in [0.5, 0.6) is 0 Å². The minimum atomic E-state index is 0.0735. The van der Waals surface area contributed by atoms with Crippen LogP contribution >= 0.6 is 11.8 Å². The molecular weight excluding hydrogens is 172 g/mol. The highest BCUT2D eigenvalue weighted by atomic mass is 32.2. The normalized spacial score (nSPS) is 24.3. The minimum Gasteiger partial charge on any atom is -0.294 e. The van der Waals surface area contributed by atoms with E-state index in [1.165, 1.54) is 0 Å². The summed E-state index contributed by atoms with van der Waals surface area (Å²) in [5.41, 5.74) is 0.539. The van der Waals surface area contributed by atoms with Crippen molar-refractivity contribution in [1.82, 2.24) is 0 Å². The van der Waals surface area contributed by atoms with E-state index >= 15 is 0 Å². The van der Waals surface area contributed by atoms with Crippen molar-refractivity contribution in [2.45, 2.75) is 25.7 Å². The van der Waals surface area contributed by atoms with Gasteiger partial charge in [0.15, 0.2) is 11.6 Å². The Balaban J connectivity index is 2.35. The molecule has 0 bridgehead atoms. The summed E-state index contributed by atoms with van der Waals surface area (Å²) >= 11 is 1.69. The third-order valence-electron chi connectivity index (χ3n) is 2.24. The van der Waals surface area contributed by atoms with Gasteiger partial charge in [0.1, 0.15) is 0 Å². The van der Waals surface area contributed by atoms with Crippen molar-refractivity contribution in [1.29, 1.82) is 0 Å². The summed E-state index contributed by atoms with van der Waals surface area (Å²) in [6.45, 7) is 0. The molecule has 12 heavy (non-hydrogen) atoms. The minimum absolute atomic E-state index is 0.0735. The zero-order valence-electron chi connectivity index (χ0n) is 6.76. The smallest absolute Gasteiger partial charge is 0.167 e. The number of Topliss-reactive ketones (excluding diaryl/α,β-unsaturated/α-hetero) is 2. The lowest BCUT2D eigenvalue weighted by atomic mass is 10.1. The Bertz CT molecular complexity index is 252. The van der Waals surface area contributed by atoms with E-state index in [2.05, 4.69) is 0 Å². The molecule has 2 nitrogen and oxygen atoms in total. The van der Waals surface area contributed by atoms with Gasteiger partial charge in [0.2, 0.25) is 0 Å². The first-order valence-electron chi connectivity index (χ1n) is 4.21. The summed E-state index contributed by atoms with van der Waals surface area (Å²) in [6, 6.07) is 0. The fourth-order valence-corrected chi connectivity index (χ4v) is 2.84. The molecule has 2 fully saturated rings. The number of carbonyl (C=O) groups is 2. The molecule has 1 aliphatic carbocycles. The van der Waals surface area contributed by atoms with Gasteiger partial charge in [-0.2, -0.15) is 0 Å². The van der Waals surface area contributed by atoms with Crippen molar-refractivity contribution < 1.29 is 9.59 Å². The van der Waals surface area contributed by atoms with E-state index < -0.39 is 0 Å². The Morgan fingerprint density at radius 1 is 1.00 bits per heavy atom. The van der Waals surface area contributed by atoms with Crippen LogP contribution in [0.1, 0.15) is 25.7 Å². The van der Waals surface area contributed by atoms with Crippen LogP contribution < -0.4 is 0 Å². The van der Waals surface area contributed by atoms with Gasteiger partial charge in [0.25, 0.3) is 0 Å². The molecule has 3 heteroatoms. The average Bonchev–Trinajstić information content (AvgIpc) is 2.61. The third kappa shape index (κ3) is 1.22. The van der Waals surface area contributed by atoms with Crippen LogP contribution in [-0.2, 0) is 9.59 Å². The van der Waals surface area contributed by atoms with E-state index in [1.54, 1.807) is 11.8 Å². The number of hydrogen-bond acceptors (Lipinski definition) is 3. The van der Waals surface area contributed by atoms with Gasteiger partial charge in [0.05, 0.1) is 5.57 Å². The average molecular weight is 182 g/mol. The second-order valence-electron chi connectivity index (χ2n) is 3.10. The molecule has 0 aromatic heterocycles. The molecule has 0 aromatic rings. The van der Waals surface area contributed by atoms with Crippen molar-refractivity contribution in [3.63, 3.8) is 0 Å². The number of carbonyl (C=O) groups excluding carboxylic acids is 2. The molecule has 0 unspecified atom stereocenters. The molecule has 64 valence electrons. The maximum atomic E-state index is 11.3. The van der Waals surface area contributed by atoms with Crippen LogP contribution in [0.15, 0.2) is 10.5 Å². The Labute approximate surface area is 75.4 Å². The first-order valence-corrected chi connectivity index (χ1v) is 5.20. The van der Waals surface area contributed by atoms with Gasteiger partial charge < -0.3 is 0 Å². The molecule has 1 heterocycles. The van der Waals surface area contributed by atoms with Gasteiger partial charge >= 0.3 is 0 Å². The van der Waals surface area contributed by atoms with Crippen LogP contribution in [0.3, 0.4) is 0 Å². The van der Waals surface area contributed by atoms with Gasteiger partial charge in [-0.25, -0.2) is 0 Å². The van der Waals surface area contributed by atoms with E-state index in [0.29, 0.717) is 18.4 Å². The van der Waals surface area contributed by atoms with E-state index in [9.17, 15) is 9.59 Å². The van der Waals surface area contributed by atoms with Gasteiger partial charge in [0, 0.05) is 12.8 Å². The second-order valence-corrected chi connectivity index (χ2v) is 4.29. The highest BCUT2D eigenvalue weighted by Crippen LogP contribution is 2.36. The van der Waals surface area contributed by atoms with Crippen molar-refractivity contribution in [3.05, 3.63) is 10.5 Å².